The molecule has 3 aromatic carbocycles. The van der Waals surface area contributed by atoms with Crippen LogP contribution in [0, 0.1) is 0 Å². The Bertz CT molecular complexity index is 966. The normalized spacial score (nSPS) is 11.2. The smallest absolute Gasteiger partial charge is 0.135 e. The van der Waals surface area contributed by atoms with Crippen molar-refractivity contribution in [2.45, 2.75) is 13.6 Å². The van der Waals surface area contributed by atoms with Crippen LogP contribution in [0.5, 0.6) is 0 Å². The molecule has 0 N–H and O–H groups in total. The van der Waals surface area contributed by atoms with E-state index in [0.717, 1.165) is 0 Å². The fraction of sp³-hybridized carbons (Fsp3) is 0.100. The lowest BCUT2D eigenvalue weighted by molar-refractivity contribution is 1.69. The van der Waals surface area contributed by atoms with Crippen LogP contribution >= 0.6 is 11.3 Å². The van der Waals surface area contributed by atoms with Crippen LogP contribution in [0.1, 0.15) is 0 Å². The first-order valence-corrected chi connectivity index (χ1v) is 8.56. The summed E-state index contributed by atoms with van der Waals surface area (Å²) < 4.78 is 2.76. The van der Waals surface area contributed by atoms with E-state index >= 15 is 0 Å². The molecule has 0 fully saturated rings. The average Bonchev–Trinajstić information content (AvgIpc) is 2.93. The summed E-state index contributed by atoms with van der Waals surface area (Å²) in [6, 6.07) is 24.3. The molecular formula is C20H17BS. The summed E-state index contributed by atoms with van der Waals surface area (Å²) in [5, 5.41) is 2.73. The first-order valence-electron chi connectivity index (χ1n) is 7.74. The van der Waals surface area contributed by atoms with Gasteiger partial charge >= 0.3 is 0 Å². The van der Waals surface area contributed by atoms with E-state index < -0.39 is 0 Å². The summed E-state index contributed by atoms with van der Waals surface area (Å²) in [6.07, 6.45) is 0. The van der Waals surface area contributed by atoms with Gasteiger partial charge in [0.15, 0.2) is 6.71 Å². The topological polar surface area (TPSA) is 0 Å². The molecule has 2 heteroatoms. The lowest BCUT2D eigenvalue weighted by atomic mass is 9.49. The molecule has 0 radical (unpaired) electrons. The van der Waals surface area contributed by atoms with Crippen molar-refractivity contribution in [3.63, 3.8) is 0 Å². The highest BCUT2D eigenvalue weighted by molar-refractivity contribution is 7.26. The highest BCUT2D eigenvalue weighted by Gasteiger charge is 2.11. The first kappa shape index (κ1) is 13.6. The molecule has 22 heavy (non-hydrogen) atoms. The van der Waals surface area contributed by atoms with E-state index in [1.54, 1.807) is 0 Å². The molecular weight excluding hydrogens is 283 g/mol. The van der Waals surface area contributed by atoms with Crippen LogP contribution in [0.15, 0.2) is 66.7 Å². The molecule has 0 nitrogen and oxygen atoms in total. The molecule has 1 aromatic heterocycles. The number of hydrogen-bond acceptors (Lipinski definition) is 1. The van der Waals surface area contributed by atoms with Crippen LogP contribution < -0.4 is 5.46 Å². The Labute approximate surface area is 135 Å². The molecule has 0 saturated carbocycles. The lowest BCUT2D eigenvalue weighted by Crippen LogP contribution is -2.22. The fourth-order valence-electron chi connectivity index (χ4n) is 3.04. The Morgan fingerprint density at radius 3 is 2.41 bits per heavy atom. The Hall–Kier alpha value is -2.06. The first-order chi connectivity index (χ1) is 10.7. The second-order valence-electron chi connectivity index (χ2n) is 6.06. The minimum absolute atomic E-state index is 0.557. The van der Waals surface area contributed by atoms with E-state index in [1.165, 1.54) is 36.8 Å². The van der Waals surface area contributed by atoms with Gasteiger partial charge in [-0.1, -0.05) is 79.8 Å². The largest absolute Gasteiger partial charge is 0.169 e. The van der Waals surface area contributed by atoms with E-state index in [-0.39, 0.29) is 0 Å². The molecule has 106 valence electrons. The molecule has 0 aliphatic rings. The van der Waals surface area contributed by atoms with E-state index in [9.17, 15) is 0 Å². The van der Waals surface area contributed by atoms with Gasteiger partial charge in [-0.3, -0.25) is 0 Å². The Morgan fingerprint density at radius 1 is 0.773 bits per heavy atom. The second kappa shape index (κ2) is 5.29. The molecule has 4 aromatic rings. The van der Waals surface area contributed by atoms with Gasteiger partial charge in [0.25, 0.3) is 0 Å². The van der Waals surface area contributed by atoms with E-state index in [4.69, 9.17) is 0 Å². The van der Waals surface area contributed by atoms with Gasteiger partial charge in [-0.05, 0) is 17.2 Å². The number of fused-ring (bicyclic) bond motifs is 3. The predicted octanol–water partition coefficient (Wildman–Crippen LogP) is 5.68. The number of benzene rings is 3. The standard InChI is InChI=1S/C20H17BS/c1-21(2)15-8-5-7-14(13-15)16-10-6-11-18-17-9-3-4-12-19(17)22-20(16)18/h3-13H,1-2H3. The van der Waals surface area contributed by atoms with Crippen LogP contribution in [-0.4, -0.2) is 6.71 Å². The molecule has 0 amide bonds. The minimum Gasteiger partial charge on any atom is -0.135 e. The molecule has 4 rings (SSSR count). The molecule has 0 bridgehead atoms. The molecule has 0 atom stereocenters. The highest BCUT2D eigenvalue weighted by Crippen LogP contribution is 2.39. The zero-order chi connectivity index (χ0) is 15.1. The Kier molecular flexibility index (Phi) is 3.27. The maximum atomic E-state index is 2.34. The van der Waals surface area contributed by atoms with Crippen LogP contribution in [-0.2, 0) is 0 Å². The molecule has 0 saturated heterocycles. The summed E-state index contributed by atoms with van der Waals surface area (Å²) >= 11 is 1.90. The van der Waals surface area contributed by atoms with Gasteiger partial charge in [0.1, 0.15) is 0 Å². The molecule has 0 unspecified atom stereocenters. The van der Waals surface area contributed by atoms with Crippen molar-refractivity contribution >= 4 is 43.7 Å². The zero-order valence-corrected chi connectivity index (χ0v) is 13.7. The minimum atomic E-state index is 0.557. The van der Waals surface area contributed by atoms with Gasteiger partial charge < -0.3 is 0 Å². The van der Waals surface area contributed by atoms with Gasteiger partial charge in [-0.25, -0.2) is 0 Å². The second-order valence-corrected chi connectivity index (χ2v) is 7.11. The van der Waals surface area contributed by atoms with Gasteiger partial charge in [0.2, 0.25) is 0 Å². The number of rotatable bonds is 2. The van der Waals surface area contributed by atoms with Crippen LogP contribution in [0.3, 0.4) is 0 Å². The van der Waals surface area contributed by atoms with Crippen LogP contribution in [0.25, 0.3) is 31.3 Å². The van der Waals surface area contributed by atoms with Crippen LogP contribution in [0.4, 0.5) is 0 Å². The Morgan fingerprint density at radius 2 is 1.55 bits per heavy atom. The van der Waals surface area contributed by atoms with Gasteiger partial charge in [0.05, 0.1) is 0 Å². The Balaban J connectivity index is 2.01. The third kappa shape index (κ3) is 2.15. The van der Waals surface area contributed by atoms with E-state index in [2.05, 4.69) is 80.4 Å². The number of thiophene rings is 1. The average molecular weight is 300 g/mol. The van der Waals surface area contributed by atoms with Gasteiger partial charge in [-0.2, -0.15) is 0 Å². The molecule has 0 spiro atoms. The van der Waals surface area contributed by atoms with Crippen molar-refractivity contribution < 1.29 is 0 Å². The quantitative estimate of drug-likeness (QED) is 0.418. The third-order valence-electron chi connectivity index (χ3n) is 4.27. The highest BCUT2D eigenvalue weighted by atomic mass is 32.1. The predicted molar refractivity (Wildman–Crippen MR) is 102 cm³/mol. The van der Waals surface area contributed by atoms with Crippen molar-refractivity contribution in [3.8, 4) is 11.1 Å². The summed E-state index contributed by atoms with van der Waals surface area (Å²) in [7, 11) is 0. The maximum absolute atomic E-state index is 2.34. The SMILES string of the molecule is CB(C)c1cccc(-c2cccc3c2sc2ccccc23)c1. The van der Waals surface area contributed by atoms with Gasteiger partial charge in [-0.15, -0.1) is 11.3 Å². The van der Waals surface area contributed by atoms with Crippen molar-refractivity contribution in [1.82, 2.24) is 0 Å². The van der Waals surface area contributed by atoms with Crippen molar-refractivity contribution in [3.05, 3.63) is 66.7 Å². The van der Waals surface area contributed by atoms with Crippen molar-refractivity contribution in [1.29, 1.82) is 0 Å². The summed E-state index contributed by atoms with van der Waals surface area (Å²) in [4.78, 5) is 0. The van der Waals surface area contributed by atoms with Crippen molar-refractivity contribution in [2.75, 3.05) is 0 Å². The molecule has 1 heterocycles. The van der Waals surface area contributed by atoms with E-state index in [0.29, 0.717) is 6.71 Å². The van der Waals surface area contributed by atoms with Crippen LogP contribution in [0.2, 0.25) is 13.6 Å². The third-order valence-corrected chi connectivity index (χ3v) is 5.49. The summed E-state index contributed by atoms with van der Waals surface area (Å²) in [6.45, 7) is 5.06. The summed E-state index contributed by atoms with van der Waals surface area (Å²) in [5.41, 5.74) is 4.07. The number of hydrogen-bond donors (Lipinski definition) is 0. The monoisotopic (exact) mass is 300 g/mol. The van der Waals surface area contributed by atoms with E-state index in [1.807, 2.05) is 11.3 Å². The fourth-order valence-corrected chi connectivity index (χ4v) is 4.28. The zero-order valence-electron chi connectivity index (χ0n) is 12.8. The maximum Gasteiger partial charge on any atom is 0.169 e. The summed E-state index contributed by atoms with van der Waals surface area (Å²) in [5.74, 6) is 0. The van der Waals surface area contributed by atoms with Crippen molar-refractivity contribution in [2.24, 2.45) is 0 Å². The van der Waals surface area contributed by atoms with Gasteiger partial charge in [0, 0.05) is 20.2 Å². The lowest BCUT2D eigenvalue weighted by Gasteiger charge is -2.08. The molecule has 0 aliphatic heterocycles. The molecule has 0 aliphatic carbocycles.